The summed E-state index contributed by atoms with van der Waals surface area (Å²) in [6, 6.07) is 14.0. The fourth-order valence-corrected chi connectivity index (χ4v) is 2.38. The van der Waals surface area contributed by atoms with Gasteiger partial charge in [-0.15, -0.1) is 0 Å². The molecule has 142 valence electrons. The van der Waals surface area contributed by atoms with Crippen molar-refractivity contribution in [2.75, 3.05) is 13.7 Å². The van der Waals surface area contributed by atoms with E-state index in [0.717, 1.165) is 0 Å². The van der Waals surface area contributed by atoms with Crippen LogP contribution in [0, 0.1) is 0 Å². The van der Waals surface area contributed by atoms with Gasteiger partial charge in [0.15, 0.2) is 6.04 Å². The van der Waals surface area contributed by atoms with E-state index in [-0.39, 0.29) is 6.61 Å². The first kappa shape index (κ1) is 20.1. The molecule has 1 amide bonds. The van der Waals surface area contributed by atoms with Gasteiger partial charge in [0.2, 0.25) is 5.91 Å². The molecule has 0 aliphatic heterocycles. The highest BCUT2D eigenvalue weighted by Gasteiger charge is 2.24. The number of carboxylic acids is 1. The third-order valence-corrected chi connectivity index (χ3v) is 3.92. The topological polar surface area (TPSA) is 102 Å². The Morgan fingerprint density at radius 1 is 1.07 bits per heavy atom. The van der Waals surface area contributed by atoms with E-state index in [4.69, 9.17) is 14.6 Å². The summed E-state index contributed by atoms with van der Waals surface area (Å²) in [6.07, 6.45) is 0. The number of aliphatic carboxylic acids is 1. The minimum atomic E-state index is -1.18. The van der Waals surface area contributed by atoms with Crippen LogP contribution in [0.5, 0.6) is 5.75 Å². The Bertz CT molecular complexity index is 805. The Labute approximate surface area is 156 Å². The van der Waals surface area contributed by atoms with Crippen molar-refractivity contribution in [1.29, 1.82) is 0 Å². The van der Waals surface area contributed by atoms with Gasteiger partial charge in [0.1, 0.15) is 5.75 Å². The van der Waals surface area contributed by atoms with Crippen molar-refractivity contribution in [3.05, 3.63) is 65.7 Å². The highest BCUT2D eigenvalue weighted by Crippen LogP contribution is 2.22. The Hall–Kier alpha value is -3.19. The smallest absolute Gasteiger partial charge is 0.343 e. The Morgan fingerprint density at radius 3 is 2.41 bits per heavy atom. The molecule has 0 heterocycles. The first-order valence-electron chi connectivity index (χ1n) is 8.31. The van der Waals surface area contributed by atoms with Gasteiger partial charge < -0.3 is 19.9 Å². The van der Waals surface area contributed by atoms with Gasteiger partial charge in [-0.3, -0.25) is 4.79 Å². The largest absolute Gasteiger partial charge is 0.480 e. The van der Waals surface area contributed by atoms with Crippen molar-refractivity contribution < 1.29 is 29.0 Å². The number of carbonyl (C=O) groups excluding carboxylic acids is 2. The number of nitrogens with one attached hydrogen (secondary N) is 1. The van der Waals surface area contributed by atoms with Crippen LogP contribution in [0.25, 0.3) is 0 Å². The zero-order valence-corrected chi connectivity index (χ0v) is 15.0. The molecule has 0 unspecified atom stereocenters. The number of methoxy groups -OCH3 is 1. The summed E-state index contributed by atoms with van der Waals surface area (Å²) in [5.41, 5.74) is 1.00. The summed E-state index contributed by atoms with van der Waals surface area (Å²) in [7, 11) is 1.36. The fourth-order valence-electron chi connectivity index (χ4n) is 2.38. The van der Waals surface area contributed by atoms with Crippen molar-refractivity contribution >= 4 is 17.8 Å². The molecule has 0 fully saturated rings. The number of esters is 1. The van der Waals surface area contributed by atoms with Gasteiger partial charge in [-0.1, -0.05) is 30.3 Å². The summed E-state index contributed by atoms with van der Waals surface area (Å²) in [5.74, 6) is -2.49. The summed E-state index contributed by atoms with van der Waals surface area (Å²) >= 11 is 0. The molecule has 2 atom stereocenters. The van der Waals surface area contributed by atoms with Crippen LogP contribution in [0.4, 0.5) is 0 Å². The number of hydrogen-bond donors (Lipinski definition) is 2. The second kappa shape index (κ2) is 9.49. The van der Waals surface area contributed by atoms with E-state index in [1.54, 1.807) is 61.5 Å². The average Bonchev–Trinajstić information content (AvgIpc) is 2.67. The highest BCUT2D eigenvalue weighted by molar-refractivity contribution is 5.91. The van der Waals surface area contributed by atoms with E-state index < -0.39 is 29.8 Å². The molecule has 27 heavy (non-hydrogen) atoms. The lowest BCUT2D eigenvalue weighted by Gasteiger charge is -2.18. The van der Waals surface area contributed by atoms with E-state index in [0.29, 0.717) is 16.9 Å². The molecule has 0 spiro atoms. The maximum absolute atomic E-state index is 12.4. The lowest BCUT2D eigenvalue weighted by Crippen LogP contribution is -2.45. The van der Waals surface area contributed by atoms with Crippen LogP contribution in [0.15, 0.2) is 54.6 Å². The molecule has 7 heteroatoms. The summed E-state index contributed by atoms with van der Waals surface area (Å²) in [5, 5.41) is 11.5. The molecule has 2 aromatic carbocycles. The number of benzene rings is 2. The predicted molar refractivity (Wildman–Crippen MR) is 97.7 cm³/mol. The molecule has 0 radical (unpaired) electrons. The lowest BCUT2D eigenvalue weighted by molar-refractivity contribution is -0.143. The van der Waals surface area contributed by atoms with Crippen molar-refractivity contribution in [2.45, 2.75) is 18.9 Å². The average molecular weight is 371 g/mol. The highest BCUT2D eigenvalue weighted by atomic mass is 16.5. The zero-order chi connectivity index (χ0) is 19.8. The Kier molecular flexibility index (Phi) is 7.08. The number of ether oxygens (including phenoxy) is 2. The minimum absolute atomic E-state index is 0.136. The standard InChI is InChI=1S/C20H21NO6/c1-13(18(22)21-17(12-26-2)19(23)24)15-9-6-10-16(11-15)27-20(25)14-7-4-3-5-8-14/h3-11,13,17H,12H2,1-2H3,(H,21,22)(H,23,24)/t13-,17+/m1/s1. The lowest BCUT2D eigenvalue weighted by atomic mass is 9.99. The molecular formula is C20H21NO6. The minimum Gasteiger partial charge on any atom is -0.480 e. The van der Waals surface area contributed by atoms with Crippen LogP contribution in [-0.2, 0) is 14.3 Å². The number of carboxylic acid groups (broad SMARTS) is 1. The molecule has 7 nitrogen and oxygen atoms in total. The molecule has 2 rings (SSSR count). The van der Waals surface area contributed by atoms with E-state index in [2.05, 4.69) is 5.32 Å². The van der Waals surface area contributed by atoms with Gasteiger partial charge >= 0.3 is 11.9 Å². The van der Waals surface area contributed by atoms with Gasteiger partial charge in [-0.05, 0) is 36.8 Å². The molecular weight excluding hydrogens is 350 g/mol. The molecule has 0 bridgehead atoms. The third-order valence-electron chi connectivity index (χ3n) is 3.92. The van der Waals surface area contributed by atoms with Gasteiger partial charge in [-0.2, -0.15) is 0 Å². The van der Waals surface area contributed by atoms with Crippen molar-refractivity contribution in [2.24, 2.45) is 0 Å². The first-order valence-corrected chi connectivity index (χ1v) is 8.31. The first-order chi connectivity index (χ1) is 12.9. The zero-order valence-electron chi connectivity index (χ0n) is 15.0. The quantitative estimate of drug-likeness (QED) is 0.545. The molecule has 0 saturated carbocycles. The van der Waals surface area contributed by atoms with Crippen molar-refractivity contribution in [3.63, 3.8) is 0 Å². The van der Waals surface area contributed by atoms with Crippen molar-refractivity contribution in [3.8, 4) is 5.75 Å². The SMILES string of the molecule is COC[C@H](NC(=O)[C@H](C)c1cccc(OC(=O)c2ccccc2)c1)C(=O)O. The predicted octanol–water partition coefficient (Wildman–Crippen LogP) is 2.23. The van der Waals surface area contributed by atoms with E-state index in [9.17, 15) is 14.4 Å². The molecule has 0 aliphatic rings. The summed E-state index contributed by atoms with van der Waals surface area (Å²) in [6.45, 7) is 1.50. The second-order valence-corrected chi connectivity index (χ2v) is 5.90. The second-order valence-electron chi connectivity index (χ2n) is 5.90. The molecule has 2 aromatic rings. The maximum atomic E-state index is 12.4. The summed E-state index contributed by atoms with van der Waals surface area (Å²) < 4.78 is 10.1. The van der Waals surface area contributed by atoms with Crippen LogP contribution in [0.2, 0.25) is 0 Å². The monoisotopic (exact) mass is 371 g/mol. The number of amides is 1. The van der Waals surface area contributed by atoms with Gasteiger partial charge in [0.25, 0.3) is 0 Å². The molecule has 0 saturated heterocycles. The maximum Gasteiger partial charge on any atom is 0.343 e. The molecule has 0 aromatic heterocycles. The Balaban J connectivity index is 2.08. The Morgan fingerprint density at radius 2 is 1.78 bits per heavy atom. The third kappa shape index (κ3) is 5.65. The van der Waals surface area contributed by atoms with Crippen LogP contribution < -0.4 is 10.1 Å². The van der Waals surface area contributed by atoms with Gasteiger partial charge in [0, 0.05) is 7.11 Å². The number of rotatable bonds is 8. The van der Waals surface area contributed by atoms with E-state index in [1.165, 1.54) is 7.11 Å². The van der Waals surface area contributed by atoms with Gasteiger partial charge in [-0.25, -0.2) is 9.59 Å². The fraction of sp³-hybridized carbons (Fsp3) is 0.250. The summed E-state index contributed by atoms with van der Waals surface area (Å²) in [4.78, 5) is 35.6. The van der Waals surface area contributed by atoms with E-state index >= 15 is 0 Å². The van der Waals surface area contributed by atoms with Crippen LogP contribution >= 0.6 is 0 Å². The normalized spacial score (nSPS) is 12.7. The van der Waals surface area contributed by atoms with Crippen LogP contribution in [-0.4, -0.2) is 42.7 Å². The number of hydrogen-bond acceptors (Lipinski definition) is 5. The van der Waals surface area contributed by atoms with E-state index in [1.807, 2.05) is 0 Å². The molecule has 2 N–H and O–H groups in total. The molecule has 0 aliphatic carbocycles. The van der Waals surface area contributed by atoms with Gasteiger partial charge in [0.05, 0.1) is 18.1 Å². The number of carbonyl (C=O) groups is 3. The van der Waals surface area contributed by atoms with Crippen molar-refractivity contribution in [1.82, 2.24) is 5.32 Å². The van der Waals surface area contributed by atoms with Crippen LogP contribution in [0.1, 0.15) is 28.8 Å². The van der Waals surface area contributed by atoms with Crippen LogP contribution in [0.3, 0.4) is 0 Å².